The van der Waals surface area contributed by atoms with Crippen LogP contribution in [-0.2, 0) is 19.1 Å². The van der Waals surface area contributed by atoms with Gasteiger partial charge in [-0.25, -0.2) is 0 Å². The molecule has 6 nitrogen and oxygen atoms in total. The summed E-state index contributed by atoms with van der Waals surface area (Å²) in [5.74, 6) is -2.42. The van der Waals surface area contributed by atoms with Gasteiger partial charge in [0, 0.05) is 23.8 Å². The normalized spacial score (nSPS) is 45.3. The number of rotatable bonds is 1. The van der Waals surface area contributed by atoms with E-state index < -0.39 is 29.5 Å². The van der Waals surface area contributed by atoms with Crippen molar-refractivity contribution in [2.45, 2.75) is 30.3 Å². The van der Waals surface area contributed by atoms with E-state index in [2.05, 4.69) is 0 Å². The molecule has 1 N–H and O–H groups in total. The number of fused-ring (bicyclic) bond motifs is 7. The lowest BCUT2D eigenvalue weighted by atomic mass is 9.70. The Morgan fingerprint density at radius 1 is 1.32 bits per heavy atom. The van der Waals surface area contributed by atoms with Gasteiger partial charge in [-0.05, 0) is 12.5 Å². The van der Waals surface area contributed by atoms with Crippen molar-refractivity contribution in [2.75, 3.05) is 11.5 Å². The van der Waals surface area contributed by atoms with Crippen LogP contribution < -0.4 is 4.90 Å². The largest absolute Gasteiger partial charge is 0.481 e. The zero-order chi connectivity index (χ0) is 16.9. The maximum Gasteiger partial charge on any atom is 0.310 e. The molecule has 0 aromatic heterocycles. The zero-order valence-electron chi connectivity index (χ0n) is 13.4. The Hall–Kier alpha value is -2.18. The summed E-state index contributed by atoms with van der Waals surface area (Å²) < 4.78 is 12.2. The van der Waals surface area contributed by atoms with E-state index in [0.717, 1.165) is 17.7 Å². The Morgan fingerprint density at radius 2 is 2.16 bits per heavy atom. The maximum atomic E-state index is 13.4. The molecule has 0 unspecified atom stereocenters. The molecule has 1 aromatic rings. The summed E-state index contributed by atoms with van der Waals surface area (Å²) >= 11 is 0. The van der Waals surface area contributed by atoms with E-state index in [0.29, 0.717) is 6.61 Å². The average molecular weight is 339 g/mol. The maximum absolute atomic E-state index is 13.4. The number of aliphatic carboxylic acids is 1. The quantitative estimate of drug-likeness (QED) is 0.785. The van der Waals surface area contributed by atoms with Gasteiger partial charge in [0.15, 0.2) is 0 Å². The third kappa shape index (κ3) is 1.42. The number of carbonyl (C=O) groups is 2. The molecule has 3 saturated heterocycles. The van der Waals surface area contributed by atoms with Gasteiger partial charge >= 0.3 is 5.97 Å². The molecule has 0 aliphatic carbocycles. The lowest BCUT2D eigenvalue weighted by Gasteiger charge is -2.43. The zero-order valence-corrected chi connectivity index (χ0v) is 13.4. The molecule has 6 rings (SSSR count). The smallest absolute Gasteiger partial charge is 0.310 e. The Balaban J connectivity index is 1.59. The number of nitrogens with zero attached hydrogens (tertiary/aromatic N) is 1. The van der Waals surface area contributed by atoms with Gasteiger partial charge in [-0.2, -0.15) is 0 Å². The molecule has 1 spiro atoms. The van der Waals surface area contributed by atoms with Crippen molar-refractivity contribution >= 4 is 17.6 Å². The van der Waals surface area contributed by atoms with Crippen LogP contribution >= 0.6 is 0 Å². The molecule has 0 saturated carbocycles. The summed E-state index contributed by atoms with van der Waals surface area (Å²) in [5.41, 5.74) is 1.03. The number of benzene rings is 1. The van der Waals surface area contributed by atoms with Crippen LogP contribution in [0, 0.1) is 17.8 Å². The van der Waals surface area contributed by atoms with Gasteiger partial charge in [0.25, 0.3) is 0 Å². The van der Waals surface area contributed by atoms with Crippen LogP contribution in [0.15, 0.2) is 36.4 Å². The lowest BCUT2D eigenvalue weighted by molar-refractivity contribution is -0.146. The van der Waals surface area contributed by atoms with Crippen molar-refractivity contribution in [1.29, 1.82) is 0 Å². The van der Waals surface area contributed by atoms with E-state index in [4.69, 9.17) is 9.47 Å². The Morgan fingerprint density at radius 3 is 3.00 bits per heavy atom. The van der Waals surface area contributed by atoms with E-state index in [1.54, 1.807) is 0 Å². The number of amides is 1. The van der Waals surface area contributed by atoms with Crippen LogP contribution in [0.25, 0.3) is 0 Å². The fraction of sp³-hybridized carbons (Fsp3) is 0.474. The second-order valence-corrected chi connectivity index (χ2v) is 7.59. The van der Waals surface area contributed by atoms with Crippen molar-refractivity contribution in [3.05, 3.63) is 42.0 Å². The highest BCUT2D eigenvalue weighted by Crippen LogP contribution is 2.62. The first-order chi connectivity index (χ1) is 12.1. The second-order valence-electron chi connectivity index (χ2n) is 7.59. The van der Waals surface area contributed by atoms with E-state index in [-0.39, 0.29) is 24.0 Å². The lowest BCUT2D eigenvalue weighted by Crippen LogP contribution is -2.53. The van der Waals surface area contributed by atoms with Crippen LogP contribution in [0.3, 0.4) is 0 Å². The molecule has 7 atom stereocenters. The molecule has 2 bridgehead atoms. The third-order valence-electron chi connectivity index (χ3n) is 6.66. The average Bonchev–Trinajstić information content (AvgIpc) is 3.35. The first-order valence-corrected chi connectivity index (χ1v) is 8.77. The third-order valence-corrected chi connectivity index (χ3v) is 6.66. The van der Waals surface area contributed by atoms with E-state index in [1.165, 1.54) is 0 Å². The van der Waals surface area contributed by atoms with Gasteiger partial charge in [0.2, 0.25) is 5.91 Å². The highest BCUT2D eigenvalue weighted by molar-refractivity contribution is 6.04. The molecular weight excluding hydrogens is 322 g/mol. The minimum Gasteiger partial charge on any atom is -0.481 e. The SMILES string of the molecule is O=C(O)[C@H]1[C@H]2C=C[C@@]3(O2)[C@@H]2[C@@H]4CCO[C@H]4c4ccccc4N2C(=O)[C@@H]13. The molecular formula is C19H17NO5. The van der Waals surface area contributed by atoms with Gasteiger partial charge in [-0.3, -0.25) is 9.59 Å². The van der Waals surface area contributed by atoms with Crippen molar-refractivity contribution in [1.82, 2.24) is 0 Å². The number of carboxylic acids is 1. The fourth-order valence-electron chi connectivity index (χ4n) is 5.86. The second kappa shape index (κ2) is 4.31. The summed E-state index contributed by atoms with van der Waals surface area (Å²) in [7, 11) is 0. The van der Waals surface area contributed by atoms with Crippen molar-refractivity contribution in [3.63, 3.8) is 0 Å². The molecule has 6 heteroatoms. The molecule has 5 heterocycles. The Kier molecular flexibility index (Phi) is 2.42. The van der Waals surface area contributed by atoms with Crippen LogP contribution in [-0.4, -0.2) is 41.3 Å². The van der Waals surface area contributed by atoms with Crippen LogP contribution in [0.1, 0.15) is 18.1 Å². The first kappa shape index (κ1) is 14.0. The van der Waals surface area contributed by atoms with Gasteiger partial charge in [-0.1, -0.05) is 30.4 Å². The molecule has 5 aliphatic heterocycles. The predicted molar refractivity (Wildman–Crippen MR) is 85.9 cm³/mol. The summed E-state index contributed by atoms with van der Waals surface area (Å²) in [5, 5.41) is 9.70. The standard InChI is InChI=1S/C19H17NO5/c21-17-14-13(18(22)23)12-5-7-19(14,25-12)16-10-6-8-24-15(10)9-3-1-2-4-11(9)20(16)17/h1-5,7,10,12-16H,6,8H2,(H,22,23)/t10-,12-,13+,14-,15+,16+,19+/m1/s1. The summed E-state index contributed by atoms with van der Waals surface area (Å²) in [6, 6.07) is 7.61. The minimum atomic E-state index is -0.957. The molecule has 3 fully saturated rings. The number of carboxylic acid groups (broad SMARTS) is 1. The van der Waals surface area contributed by atoms with Crippen LogP contribution in [0.5, 0.6) is 0 Å². The molecule has 1 aromatic carbocycles. The van der Waals surface area contributed by atoms with Crippen molar-refractivity contribution < 1.29 is 24.2 Å². The number of hydrogen-bond acceptors (Lipinski definition) is 4. The highest BCUT2D eigenvalue weighted by atomic mass is 16.5. The number of ether oxygens (including phenoxy) is 2. The Labute approximate surface area is 144 Å². The highest BCUT2D eigenvalue weighted by Gasteiger charge is 2.74. The summed E-state index contributed by atoms with van der Waals surface area (Å²) in [6.45, 7) is 0.651. The van der Waals surface area contributed by atoms with Crippen molar-refractivity contribution in [2.24, 2.45) is 17.8 Å². The predicted octanol–water partition coefficient (Wildman–Crippen LogP) is 1.52. The number of para-hydroxylation sites is 1. The van der Waals surface area contributed by atoms with Crippen molar-refractivity contribution in [3.8, 4) is 0 Å². The number of anilines is 1. The number of hydrogen-bond donors (Lipinski definition) is 1. The van der Waals surface area contributed by atoms with E-state index in [9.17, 15) is 14.7 Å². The van der Waals surface area contributed by atoms with Gasteiger partial charge in [0.05, 0.1) is 24.2 Å². The van der Waals surface area contributed by atoms with Gasteiger partial charge < -0.3 is 19.5 Å². The number of carbonyl (C=O) groups excluding carboxylic acids is 1. The van der Waals surface area contributed by atoms with Crippen LogP contribution in [0.2, 0.25) is 0 Å². The molecule has 5 aliphatic rings. The molecule has 25 heavy (non-hydrogen) atoms. The van der Waals surface area contributed by atoms with Gasteiger partial charge in [-0.15, -0.1) is 0 Å². The van der Waals surface area contributed by atoms with E-state index >= 15 is 0 Å². The van der Waals surface area contributed by atoms with E-state index in [1.807, 2.05) is 41.3 Å². The summed E-state index contributed by atoms with van der Waals surface area (Å²) in [6.07, 6.45) is 4.07. The molecule has 0 radical (unpaired) electrons. The summed E-state index contributed by atoms with van der Waals surface area (Å²) in [4.78, 5) is 27.0. The topological polar surface area (TPSA) is 76.1 Å². The van der Waals surface area contributed by atoms with Crippen LogP contribution in [0.4, 0.5) is 5.69 Å². The molecule has 128 valence electrons. The van der Waals surface area contributed by atoms with Gasteiger partial charge in [0.1, 0.15) is 11.5 Å². The molecule has 1 amide bonds. The first-order valence-electron chi connectivity index (χ1n) is 8.77. The monoisotopic (exact) mass is 339 g/mol. The Bertz CT molecular complexity index is 850. The minimum absolute atomic E-state index is 0.0571. The fourth-order valence-corrected chi connectivity index (χ4v) is 5.86.